The molecule has 2 heterocycles. The molecule has 3 rings (SSSR count). The zero-order valence-electron chi connectivity index (χ0n) is 12.1. The van der Waals surface area contributed by atoms with Crippen LogP contribution in [-0.4, -0.2) is 33.9 Å². The van der Waals surface area contributed by atoms with E-state index in [-0.39, 0.29) is 18.5 Å². The zero-order chi connectivity index (χ0) is 15.5. The van der Waals surface area contributed by atoms with Crippen molar-refractivity contribution >= 4 is 17.5 Å². The highest BCUT2D eigenvalue weighted by molar-refractivity contribution is 6.30. The number of carbonyl (C=O) groups excluding carboxylic acids is 1. The van der Waals surface area contributed by atoms with Gasteiger partial charge in [-0.05, 0) is 49.7 Å². The van der Waals surface area contributed by atoms with Gasteiger partial charge in [-0.1, -0.05) is 11.6 Å². The molecule has 1 atom stereocenters. The normalized spacial score (nSPS) is 18.5. The van der Waals surface area contributed by atoms with E-state index in [0.717, 1.165) is 30.6 Å². The number of hydrogen-bond acceptors (Lipinski definition) is 4. The van der Waals surface area contributed by atoms with Gasteiger partial charge in [0.2, 0.25) is 5.91 Å². The van der Waals surface area contributed by atoms with Crippen LogP contribution >= 0.6 is 11.6 Å². The van der Waals surface area contributed by atoms with Crippen molar-refractivity contribution in [2.24, 2.45) is 5.73 Å². The van der Waals surface area contributed by atoms with E-state index >= 15 is 0 Å². The van der Waals surface area contributed by atoms with Crippen LogP contribution in [0.3, 0.4) is 0 Å². The van der Waals surface area contributed by atoms with Crippen LogP contribution in [-0.2, 0) is 4.79 Å². The molecule has 1 fully saturated rings. The number of rotatable bonds is 4. The number of benzene rings is 1. The maximum absolute atomic E-state index is 11.2. The van der Waals surface area contributed by atoms with Gasteiger partial charge >= 0.3 is 0 Å². The Hall–Kier alpha value is -1.98. The molecule has 5 nitrogen and oxygen atoms in total. The van der Waals surface area contributed by atoms with Crippen molar-refractivity contribution < 1.29 is 4.79 Å². The molecule has 1 aliphatic rings. The average molecular weight is 317 g/mol. The van der Waals surface area contributed by atoms with Gasteiger partial charge in [-0.2, -0.15) is 0 Å². The first-order chi connectivity index (χ1) is 10.6. The molecule has 22 heavy (non-hydrogen) atoms. The lowest BCUT2D eigenvalue weighted by atomic mass is 10.1. The third kappa shape index (κ3) is 3.26. The van der Waals surface area contributed by atoms with Crippen molar-refractivity contribution in [3.63, 3.8) is 0 Å². The van der Waals surface area contributed by atoms with Crippen molar-refractivity contribution in [3.8, 4) is 11.4 Å². The van der Waals surface area contributed by atoms with E-state index in [1.54, 1.807) is 6.20 Å². The molecule has 1 saturated heterocycles. The van der Waals surface area contributed by atoms with E-state index in [1.807, 2.05) is 30.3 Å². The Bertz CT molecular complexity index is 674. The number of aromatic nitrogens is 2. The van der Waals surface area contributed by atoms with E-state index < -0.39 is 0 Å². The van der Waals surface area contributed by atoms with Gasteiger partial charge in [-0.15, -0.1) is 0 Å². The van der Waals surface area contributed by atoms with E-state index in [9.17, 15) is 4.79 Å². The number of likely N-dealkylation sites (tertiary alicyclic amines) is 1. The molecule has 0 saturated carbocycles. The van der Waals surface area contributed by atoms with Crippen molar-refractivity contribution in [1.29, 1.82) is 0 Å². The van der Waals surface area contributed by atoms with Crippen LogP contribution in [0.1, 0.15) is 24.6 Å². The molecule has 2 aromatic rings. The fraction of sp³-hybridized carbons (Fsp3) is 0.312. The monoisotopic (exact) mass is 316 g/mol. The average Bonchev–Trinajstić information content (AvgIpc) is 2.95. The molecule has 0 radical (unpaired) electrons. The summed E-state index contributed by atoms with van der Waals surface area (Å²) in [7, 11) is 0. The lowest BCUT2D eigenvalue weighted by molar-refractivity contribution is -0.119. The third-order valence-electron chi connectivity index (χ3n) is 3.84. The molecule has 2 N–H and O–H groups in total. The molecule has 0 aliphatic carbocycles. The number of primary amides is 1. The summed E-state index contributed by atoms with van der Waals surface area (Å²) in [6.07, 6.45) is 3.77. The fourth-order valence-corrected chi connectivity index (χ4v) is 2.97. The largest absolute Gasteiger partial charge is 0.369 e. The molecule has 1 aliphatic heterocycles. The first-order valence-corrected chi connectivity index (χ1v) is 7.62. The molecular weight excluding hydrogens is 300 g/mol. The van der Waals surface area contributed by atoms with Crippen LogP contribution in [0.5, 0.6) is 0 Å². The predicted molar refractivity (Wildman–Crippen MR) is 85.2 cm³/mol. The second kappa shape index (κ2) is 6.42. The number of nitrogens with zero attached hydrogens (tertiary/aromatic N) is 3. The SMILES string of the molecule is NC(=O)CN1CCC[C@H]1c1ccnc(-c2ccc(Cl)cc2)n1. The standard InChI is InChI=1S/C16H17ClN4O/c17-12-5-3-11(4-6-12)16-19-8-7-13(20-16)14-2-1-9-21(14)10-15(18)22/h3-8,14H,1-2,9-10H2,(H2,18,22)/t14-/m0/s1. The van der Waals surface area contributed by atoms with Gasteiger partial charge in [0, 0.05) is 16.8 Å². The van der Waals surface area contributed by atoms with Gasteiger partial charge in [0.05, 0.1) is 18.3 Å². The van der Waals surface area contributed by atoms with Crippen LogP contribution in [0, 0.1) is 0 Å². The Morgan fingerprint density at radius 1 is 1.32 bits per heavy atom. The summed E-state index contributed by atoms with van der Waals surface area (Å²) in [6, 6.07) is 9.48. The van der Waals surface area contributed by atoms with E-state index in [1.165, 1.54) is 0 Å². The van der Waals surface area contributed by atoms with E-state index in [0.29, 0.717) is 10.8 Å². The highest BCUT2D eigenvalue weighted by atomic mass is 35.5. The first kappa shape index (κ1) is 14.9. The number of hydrogen-bond donors (Lipinski definition) is 1. The van der Waals surface area contributed by atoms with Crippen molar-refractivity contribution in [1.82, 2.24) is 14.9 Å². The lowest BCUT2D eigenvalue weighted by Gasteiger charge is -2.22. The molecule has 114 valence electrons. The van der Waals surface area contributed by atoms with Gasteiger partial charge in [-0.25, -0.2) is 9.97 Å². The quantitative estimate of drug-likeness (QED) is 0.940. The summed E-state index contributed by atoms with van der Waals surface area (Å²) in [5, 5.41) is 0.684. The molecular formula is C16H17ClN4O. The van der Waals surface area contributed by atoms with E-state index in [4.69, 9.17) is 17.3 Å². The minimum atomic E-state index is -0.307. The van der Waals surface area contributed by atoms with Gasteiger partial charge in [0.25, 0.3) is 0 Å². The van der Waals surface area contributed by atoms with Gasteiger partial charge in [0.15, 0.2) is 5.82 Å². The van der Waals surface area contributed by atoms with Crippen LogP contribution < -0.4 is 5.73 Å². The molecule has 0 spiro atoms. The van der Waals surface area contributed by atoms with E-state index in [2.05, 4.69) is 14.9 Å². The summed E-state index contributed by atoms with van der Waals surface area (Å²) >= 11 is 5.91. The van der Waals surface area contributed by atoms with Crippen LogP contribution in [0.2, 0.25) is 5.02 Å². The molecule has 1 aromatic carbocycles. The lowest BCUT2D eigenvalue weighted by Crippen LogP contribution is -2.33. The number of amides is 1. The van der Waals surface area contributed by atoms with Crippen molar-refractivity contribution in [2.75, 3.05) is 13.1 Å². The van der Waals surface area contributed by atoms with Gasteiger partial charge in [0.1, 0.15) is 0 Å². The Labute approximate surface area is 134 Å². The second-order valence-corrected chi connectivity index (χ2v) is 5.84. The van der Waals surface area contributed by atoms with Crippen molar-refractivity contribution in [2.45, 2.75) is 18.9 Å². The van der Waals surface area contributed by atoms with Crippen molar-refractivity contribution in [3.05, 3.63) is 47.2 Å². The highest BCUT2D eigenvalue weighted by Gasteiger charge is 2.28. The fourth-order valence-electron chi connectivity index (χ4n) is 2.85. The summed E-state index contributed by atoms with van der Waals surface area (Å²) in [4.78, 5) is 22.3. The number of nitrogens with two attached hydrogens (primary N) is 1. The highest BCUT2D eigenvalue weighted by Crippen LogP contribution is 2.31. The summed E-state index contributed by atoms with van der Waals surface area (Å²) in [6.45, 7) is 1.14. The molecule has 1 aromatic heterocycles. The first-order valence-electron chi connectivity index (χ1n) is 7.25. The smallest absolute Gasteiger partial charge is 0.231 e. The Balaban J connectivity index is 1.87. The zero-order valence-corrected chi connectivity index (χ0v) is 12.8. The minimum absolute atomic E-state index is 0.126. The topological polar surface area (TPSA) is 72.1 Å². The molecule has 6 heteroatoms. The van der Waals surface area contributed by atoms with Gasteiger partial charge in [-0.3, -0.25) is 9.69 Å². The number of halogens is 1. The summed E-state index contributed by atoms with van der Waals surface area (Å²) < 4.78 is 0. The Morgan fingerprint density at radius 3 is 2.82 bits per heavy atom. The Morgan fingerprint density at radius 2 is 2.09 bits per heavy atom. The predicted octanol–water partition coefficient (Wildman–Crippen LogP) is 2.42. The summed E-state index contributed by atoms with van der Waals surface area (Å²) in [5.41, 5.74) is 7.17. The maximum Gasteiger partial charge on any atom is 0.231 e. The molecule has 0 bridgehead atoms. The second-order valence-electron chi connectivity index (χ2n) is 5.41. The molecule has 0 unspecified atom stereocenters. The van der Waals surface area contributed by atoms with Gasteiger partial charge < -0.3 is 5.73 Å². The summed E-state index contributed by atoms with van der Waals surface area (Å²) in [5.74, 6) is 0.360. The Kier molecular flexibility index (Phi) is 4.36. The van der Waals surface area contributed by atoms with Crippen LogP contribution in [0.25, 0.3) is 11.4 Å². The molecule has 1 amide bonds. The van der Waals surface area contributed by atoms with Crippen LogP contribution in [0.15, 0.2) is 36.5 Å². The maximum atomic E-state index is 11.2. The number of carbonyl (C=O) groups is 1. The minimum Gasteiger partial charge on any atom is -0.369 e. The third-order valence-corrected chi connectivity index (χ3v) is 4.10. The van der Waals surface area contributed by atoms with Crippen LogP contribution in [0.4, 0.5) is 0 Å².